The van der Waals surface area contributed by atoms with E-state index in [1.54, 1.807) is 18.2 Å². The number of amides is 1. The van der Waals surface area contributed by atoms with Gasteiger partial charge in [0.25, 0.3) is 11.5 Å². The fourth-order valence-corrected chi connectivity index (χ4v) is 3.37. The number of nitrogens with two attached hydrogens (primary N) is 1. The molecule has 8 heteroatoms. The summed E-state index contributed by atoms with van der Waals surface area (Å²) in [5.74, 6) is 0.339. The Kier molecular flexibility index (Phi) is 8.99. The summed E-state index contributed by atoms with van der Waals surface area (Å²) in [6.45, 7) is 7.76. The molecule has 3 aromatic rings. The normalized spacial score (nSPS) is 10.5. The van der Waals surface area contributed by atoms with Gasteiger partial charge in [0.2, 0.25) is 0 Å². The fourth-order valence-electron chi connectivity index (χ4n) is 3.37. The van der Waals surface area contributed by atoms with Crippen LogP contribution in [-0.2, 0) is 11.3 Å². The highest BCUT2D eigenvalue weighted by molar-refractivity contribution is 5.94. The van der Waals surface area contributed by atoms with Crippen LogP contribution in [0, 0.1) is 0 Å². The Morgan fingerprint density at radius 1 is 1.12 bits per heavy atom. The van der Waals surface area contributed by atoms with Crippen molar-refractivity contribution in [3.05, 3.63) is 94.6 Å². The number of nitrogens with zero attached hydrogens (tertiary/aromatic N) is 2. The van der Waals surface area contributed by atoms with Gasteiger partial charge in [-0.05, 0) is 68.8 Å². The summed E-state index contributed by atoms with van der Waals surface area (Å²) in [6.07, 6.45) is 1.73. The average molecular weight is 462 g/mol. The van der Waals surface area contributed by atoms with Gasteiger partial charge in [-0.3, -0.25) is 9.59 Å². The SMILES string of the molecule is C=C(Nc1cccc(Cn2nc(-c3ccc(C(=O)NCCCCN)cc3)ccc2=O)c1)OCC. The van der Waals surface area contributed by atoms with Crippen LogP contribution in [0.4, 0.5) is 5.69 Å². The van der Waals surface area contributed by atoms with E-state index in [4.69, 9.17) is 10.5 Å². The molecule has 0 fully saturated rings. The molecule has 0 aliphatic heterocycles. The average Bonchev–Trinajstić information content (AvgIpc) is 2.83. The Bertz CT molecular complexity index is 1170. The predicted octanol–water partition coefficient (Wildman–Crippen LogP) is 3.35. The van der Waals surface area contributed by atoms with Crippen molar-refractivity contribution in [2.24, 2.45) is 5.73 Å². The van der Waals surface area contributed by atoms with Crippen LogP contribution >= 0.6 is 0 Å². The molecule has 0 atom stereocenters. The summed E-state index contributed by atoms with van der Waals surface area (Å²) in [5, 5.41) is 10.5. The number of hydrogen-bond donors (Lipinski definition) is 3. The van der Waals surface area contributed by atoms with Gasteiger partial charge in [0.05, 0.1) is 18.8 Å². The molecule has 0 unspecified atom stereocenters. The maximum Gasteiger partial charge on any atom is 0.267 e. The van der Waals surface area contributed by atoms with Gasteiger partial charge < -0.3 is 21.1 Å². The molecule has 0 aliphatic carbocycles. The Morgan fingerprint density at radius 2 is 1.91 bits per heavy atom. The molecule has 1 amide bonds. The molecular weight excluding hydrogens is 430 g/mol. The minimum Gasteiger partial charge on any atom is -0.480 e. The lowest BCUT2D eigenvalue weighted by Gasteiger charge is -2.12. The molecule has 0 bridgehead atoms. The highest BCUT2D eigenvalue weighted by Gasteiger charge is 2.08. The minimum atomic E-state index is -0.200. The monoisotopic (exact) mass is 461 g/mol. The van der Waals surface area contributed by atoms with Crippen molar-refractivity contribution in [2.75, 3.05) is 25.0 Å². The highest BCUT2D eigenvalue weighted by atomic mass is 16.5. The van der Waals surface area contributed by atoms with Crippen molar-refractivity contribution in [3.8, 4) is 11.3 Å². The van der Waals surface area contributed by atoms with Crippen LogP contribution in [-0.4, -0.2) is 35.4 Å². The fraction of sp³-hybridized carbons (Fsp3) is 0.269. The van der Waals surface area contributed by atoms with Crippen LogP contribution in [0.2, 0.25) is 0 Å². The Labute approximate surface area is 199 Å². The van der Waals surface area contributed by atoms with Gasteiger partial charge in [0, 0.05) is 29.4 Å². The van der Waals surface area contributed by atoms with E-state index in [2.05, 4.69) is 22.3 Å². The maximum atomic E-state index is 12.4. The van der Waals surface area contributed by atoms with E-state index in [0.717, 1.165) is 29.7 Å². The lowest BCUT2D eigenvalue weighted by molar-refractivity contribution is 0.0953. The molecule has 0 radical (unpaired) electrons. The maximum absolute atomic E-state index is 12.4. The van der Waals surface area contributed by atoms with E-state index < -0.39 is 0 Å². The topological polar surface area (TPSA) is 111 Å². The number of aromatic nitrogens is 2. The third-order valence-corrected chi connectivity index (χ3v) is 5.09. The molecule has 1 heterocycles. The molecule has 8 nitrogen and oxygen atoms in total. The first-order valence-corrected chi connectivity index (χ1v) is 11.3. The second-order valence-corrected chi connectivity index (χ2v) is 7.73. The molecule has 178 valence electrons. The molecule has 2 aromatic carbocycles. The van der Waals surface area contributed by atoms with Crippen molar-refractivity contribution in [1.82, 2.24) is 15.1 Å². The number of anilines is 1. The molecule has 34 heavy (non-hydrogen) atoms. The van der Waals surface area contributed by atoms with Crippen LogP contribution in [0.15, 0.2) is 77.9 Å². The van der Waals surface area contributed by atoms with Gasteiger partial charge in [-0.2, -0.15) is 5.10 Å². The van der Waals surface area contributed by atoms with E-state index in [1.165, 1.54) is 10.7 Å². The van der Waals surface area contributed by atoms with Crippen molar-refractivity contribution >= 4 is 11.6 Å². The number of hydrogen-bond acceptors (Lipinski definition) is 6. The number of benzene rings is 2. The number of unbranched alkanes of at least 4 members (excludes halogenated alkanes) is 1. The largest absolute Gasteiger partial charge is 0.480 e. The summed E-state index contributed by atoms with van der Waals surface area (Å²) in [5.41, 5.74) is 9.03. The third kappa shape index (κ3) is 7.05. The standard InChI is InChI=1S/C26H31N5O3/c1-3-34-19(2)29-23-8-6-7-20(17-23)18-31-25(32)14-13-24(30-31)21-9-11-22(12-10-21)26(33)28-16-5-4-15-27/h6-14,17,29H,2-5,15-16,18,27H2,1H3,(H,28,33). The van der Waals surface area contributed by atoms with Gasteiger partial charge in [-0.1, -0.05) is 24.3 Å². The Balaban J connectivity index is 1.71. The number of carbonyl (C=O) groups is 1. The van der Waals surface area contributed by atoms with Gasteiger partial charge in [0.15, 0.2) is 5.88 Å². The molecule has 0 saturated carbocycles. The van der Waals surface area contributed by atoms with Crippen molar-refractivity contribution in [2.45, 2.75) is 26.3 Å². The first-order valence-electron chi connectivity index (χ1n) is 11.3. The number of carbonyl (C=O) groups excluding carboxylic acids is 1. The van der Waals surface area contributed by atoms with Gasteiger partial charge >= 0.3 is 0 Å². The van der Waals surface area contributed by atoms with E-state index in [-0.39, 0.29) is 11.5 Å². The van der Waals surface area contributed by atoms with Gasteiger partial charge in [-0.25, -0.2) is 4.68 Å². The van der Waals surface area contributed by atoms with Crippen LogP contribution in [0.1, 0.15) is 35.7 Å². The van der Waals surface area contributed by atoms with E-state index >= 15 is 0 Å². The number of rotatable bonds is 12. The van der Waals surface area contributed by atoms with Crippen LogP contribution < -0.4 is 21.9 Å². The zero-order valence-electron chi connectivity index (χ0n) is 19.4. The lowest BCUT2D eigenvalue weighted by atomic mass is 10.1. The third-order valence-electron chi connectivity index (χ3n) is 5.09. The lowest BCUT2D eigenvalue weighted by Crippen LogP contribution is -2.24. The quantitative estimate of drug-likeness (QED) is 0.282. The summed E-state index contributed by atoms with van der Waals surface area (Å²) in [4.78, 5) is 24.7. The smallest absolute Gasteiger partial charge is 0.267 e. The zero-order chi connectivity index (χ0) is 24.3. The van der Waals surface area contributed by atoms with Crippen molar-refractivity contribution in [3.63, 3.8) is 0 Å². The predicted molar refractivity (Wildman–Crippen MR) is 134 cm³/mol. The minimum absolute atomic E-state index is 0.123. The molecule has 4 N–H and O–H groups in total. The van der Waals surface area contributed by atoms with Crippen LogP contribution in [0.3, 0.4) is 0 Å². The van der Waals surface area contributed by atoms with Gasteiger partial charge in [-0.15, -0.1) is 0 Å². The van der Waals surface area contributed by atoms with E-state index in [1.807, 2.05) is 43.3 Å². The second-order valence-electron chi connectivity index (χ2n) is 7.73. The van der Waals surface area contributed by atoms with Crippen LogP contribution in [0.5, 0.6) is 0 Å². The molecule has 1 aromatic heterocycles. The van der Waals surface area contributed by atoms with Crippen molar-refractivity contribution < 1.29 is 9.53 Å². The molecule has 0 saturated heterocycles. The second kappa shape index (κ2) is 12.4. The number of ether oxygens (including phenoxy) is 1. The van der Waals surface area contributed by atoms with E-state index in [9.17, 15) is 9.59 Å². The Morgan fingerprint density at radius 3 is 2.65 bits per heavy atom. The summed E-state index contributed by atoms with van der Waals surface area (Å²) in [7, 11) is 0. The summed E-state index contributed by atoms with van der Waals surface area (Å²) >= 11 is 0. The number of nitrogens with one attached hydrogen (secondary N) is 2. The van der Waals surface area contributed by atoms with E-state index in [0.29, 0.717) is 43.4 Å². The molecule has 3 rings (SSSR count). The van der Waals surface area contributed by atoms with Crippen LogP contribution in [0.25, 0.3) is 11.3 Å². The molecule has 0 spiro atoms. The van der Waals surface area contributed by atoms with Gasteiger partial charge in [0.1, 0.15) is 0 Å². The molecule has 0 aliphatic rings. The van der Waals surface area contributed by atoms with Crippen molar-refractivity contribution in [1.29, 1.82) is 0 Å². The zero-order valence-corrected chi connectivity index (χ0v) is 19.4. The first kappa shape index (κ1) is 24.7. The first-order chi connectivity index (χ1) is 16.5. The Hall–Kier alpha value is -3.91. The highest BCUT2D eigenvalue weighted by Crippen LogP contribution is 2.17. The summed E-state index contributed by atoms with van der Waals surface area (Å²) in [6, 6.07) is 18.0. The summed E-state index contributed by atoms with van der Waals surface area (Å²) < 4.78 is 6.76. The molecular formula is C26H31N5O3.